The Balaban J connectivity index is 3.05. The molecule has 1 aromatic rings. The van der Waals surface area contributed by atoms with Crippen molar-refractivity contribution in [2.45, 2.75) is 6.92 Å². The molecular formula is C10H9NO3. The summed E-state index contributed by atoms with van der Waals surface area (Å²) in [4.78, 5) is 21.2. The van der Waals surface area contributed by atoms with Crippen molar-refractivity contribution in [2.24, 2.45) is 0 Å². The third kappa shape index (κ3) is 2.26. The van der Waals surface area contributed by atoms with Gasteiger partial charge < -0.3 is 0 Å². The average molecular weight is 191 g/mol. The first-order chi connectivity index (χ1) is 6.65. The molecule has 0 fully saturated rings. The standard InChI is InChI=1S/C10H9NO3/c1-2-4-10(12)8-5-3-6-9(7-8)11(13)14/h2-7H,1H3. The van der Waals surface area contributed by atoms with Gasteiger partial charge in [0.2, 0.25) is 0 Å². The molecule has 0 aliphatic heterocycles. The number of nitro benzene ring substituents is 1. The van der Waals surface area contributed by atoms with Crippen LogP contribution in [0.5, 0.6) is 0 Å². The van der Waals surface area contributed by atoms with Crippen molar-refractivity contribution >= 4 is 11.5 Å². The smallest absolute Gasteiger partial charge is 0.270 e. The number of ketones is 1. The van der Waals surface area contributed by atoms with E-state index in [1.165, 1.54) is 24.3 Å². The van der Waals surface area contributed by atoms with Crippen LogP contribution in [0, 0.1) is 10.1 Å². The molecule has 0 N–H and O–H groups in total. The molecule has 72 valence electrons. The van der Waals surface area contributed by atoms with Gasteiger partial charge in [0, 0.05) is 17.7 Å². The minimum Gasteiger partial charge on any atom is -0.289 e. The lowest BCUT2D eigenvalue weighted by atomic mass is 10.1. The highest BCUT2D eigenvalue weighted by Crippen LogP contribution is 2.13. The molecule has 0 atom stereocenters. The molecule has 1 aromatic carbocycles. The zero-order valence-electron chi connectivity index (χ0n) is 7.64. The van der Waals surface area contributed by atoms with Gasteiger partial charge in [-0.3, -0.25) is 14.9 Å². The first kappa shape index (κ1) is 10.1. The third-order valence-corrected chi connectivity index (χ3v) is 1.66. The van der Waals surface area contributed by atoms with Gasteiger partial charge in [0.1, 0.15) is 0 Å². The Kier molecular flexibility index (Phi) is 3.12. The number of carbonyl (C=O) groups is 1. The van der Waals surface area contributed by atoms with Crippen molar-refractivity contribution in [3.05, 3.63) is 52.1 Å². The Bertz CT molecular complexity index is 396. The number of nitro groups is 1. The van der Waals surface area contributed by atoms with Gasteiger partial charge in [-0.1, -0.05) is 18.2 Å². The normalized spacial score (nSPS) is 10.4. The van der Waals surface area contributed by atoms with Gasteiger partial charge in [-0.2, -0.15) is 0 Å². The third-order valence-electron chi connectivity index (χ3n) is 1.66. The fourth-order valence-corrected chi connectivity index (χ4v) is 1.02. The van der Waals surface area contributed by atoms with E-state index in [-0.39, 0.29) is 11.5 Å². The number of rotatable bonds is 3. The summed E-state index contributed by atoms with van der Waals surface area (Å²) in [7, 11) is 0. The van der Waals surface area contributed by atoms with Crippen LogP contribution in [-0.4, -0.2) is 10.7 Å². The van der Waals surface area contributed by atoms with Crippen LogP contribution < -0.4 is 0 Å². The Morgan fingerprint density at radius 1 is 1.50 bits per heavy atom. The van der Waals surface area contributed by atoms with Crippen molar-refractivity contribution in [2.75, 3.05) is 0 Å². The Labute approximate surface area is 81.0 Å². The minimum atomic E-state index is -0.521. The van der Waals surface area contributed by atoms with Gasteiger partial charge >= 0.3 is 0 Å². The number of non-ortho nitro benzene ring substituents is 1. The number of allylic oxidation sites excluding steroid dienone is 2. The van der Waals surface area contributed by atoms with Crippen molar-refractivity contribution in [3.63, 3.8) is 0 Å². The van der Waals surface area contributed by atoms with E-state index in [2.05, 4.69) is 0 Å². The first-order valence-corrected chi connectivity index (χ1v) is 4.06. The average Bonchev–Trinajstić information content (AvgIpc) is 2.18. The molecule has 0 aromatic heterocycles. The highest BCUT2D eigenvalue weighted by molar-refractivity contribution is 6.04. The summed E-state index contributed by atoms with van der Waals surface area (Å²) < 4.78 is 0. The monoisotopic (exact) mass is 191 g/mol. The highest BCUT2D eigenvalue weighted by atomic mass is 16.6. The lowest BCUT2D eigenvalue weighted by molar-refractivity contribution is -0.384. The van der Waals surface area contributed by atoms with E-state index >= 15 is 0 Å². The molecule has 0 amide bonds. The quantitative estimate of drug-likeness (QED) is 0.319. The van der Waals surface area contributed by atoms with Crippen LogP contribution in [0.3, 0.4) is 0 Å². The predicted molar refractivity (Wildman–Crippen MR) is 52.2 cm³/mol. The van der Waals surface area contributed by atoms with E-state index in [0.29, 0.717) is 5.56 Å². The molecule has 0 aliphatic carbocycles. The number of hydrogen-bond donors (Lipinski definition) is 0. The van der Waals surface area contributed by atoms with E-state index in [9.17, 15) is 14.9 Å². The van der Waals surface area contributed by atoms with E-state index in [4.69, 9.17) is 0 Å². The molecule has 4 nitrogen and oxygen atoms in total. The molecule has 1 rings (SSSR count). The predicted octanol–water partition coefficient (Wildman–Crippen LogP) is 2.35. The lowest BCUT2D eigenvalue weighted by Crippen LogP contribution is -1.95. The molecular weight excluding hydrogens is 182 g/mol. The molecule has 0 spiro atoms. The maximum atomic E-state index is 11.3. The van der Waals surface area contributed by atoms with Crippen molar-refractivity contribution in [1.29, 1.82) is 0 Å². The molecule has 4 heteroatoms. The Morgan fingerprint density at radius 2 is 2.21 bits per heavy atom. The van der Waals surface area contributed by atoms with E-state index < -0.39 is 4.92 Å². The molecule has 0 unspecified atom stereocenters. The van der Waals surface area contributed by atoms with Gasteiger partial charge in [-0.05, 0) is 13.0 Å². The van der Waals surface area contributed by atoms with Crippen LogP contribution in [-0.2, 0) is 0 Å². The highest BCUT2D eigenvalue weighted by Gasteiger charge is 2.08. The van der Waals surface area contributed by atoms with E-state index in [0.717, 1.165) is 0 Å². The van der Waals surface area contributed by atoms with Gasteiger partial charge in [0.25, 0.3) is 5.69 Å². The minimum absolute atomic E-state index is 0.0691. The number of hydrogen-bond acceptors (Lipinski definition) is 3. The fourth-order valence-electron chi connectivity index (χ4n) is 1.02. The van der Waals surface area contributed by atoms with E-state index in [1.807, 2.05) is 0 Å². The van der Waals surface area contributed by atoms with Crippen LogP contribution in [0.2, 0.25) is 0 Å². The van der Waals surface area contributed by atoms with Gasteiger partial charge in [0.15, 0.2) is 5.78 Å². The molecule has 14 heavy (non-hydrogen) atoms. The SMILES string of the molecule is CC=CC(=O)c1cccc([N+](=O)[O-])c1. The maximum Gasteiger partial charge on any atom is 0.270 e. The van der Waals surface area contributed by atoms with Gasteiger partial charge in [0.05, 0.1) is 4.92 Å². The second-order valence-electron chi connectivity index (χ2n) is 2.67. The van der Waals surface area contributed by atoms with E-state index in [1.54, 1.807) is 19.1 Å². The summed E-state index contributed by atoms with van der Waals surface area (Å²) in [5, 5.41) is 10.4. The number of carbonyl (C=O) groups excluding carboxylic acids is 1. The number of benzene rings is 1. The maximum absolute atomic E-state index is 11.3. The van der Waals surface area contributed by atoms with Crippen molar-refractivity contribution in [1.82, 2.24) is 0 Å². The molecule has 0 saturated heterocycles. The van der Waals surface area contributed by atoms with Crippen molar-refractivity contribution < 1.29 is 9.72 Å². The second-order valence-corrected chi connectivity index (χ2v) is 2.67. The summed E-state index contributed by atoms with van der Waals surface area (Å²) in [6.45, 7) is 1.72. The Hall–Kier alpha value is -1.97. The second kappa shape index (κ2) is 4.32. The summed E-state index contributed by atoms with van der Waals surface area (Å²) in [5.41, 5.74) is 0.262. The van der Waals surface area contributed by atoms with Crippen molar-refractivity contribution in [3.8, 4) is 0 Å². The molecule has 0 saturated carbocycles. The van der Waals surface area contributed by atoms with Crippen LogP contribution in [0.15, 0.2) is 36.4 Å². The molecule has 0 heterocycles. The first-order valence-electron chi connectivity index (χ1n) is 4.06. The van der Waals surface area contributed by atoms with Crippen LogP contribution in [0.4, 0.5) is 5.69 Å². The topological polar surface area (TPSA) is 60.2 Å². The Morgan fingerprint density at radius 3 is 2.79 bits per heavy atom. The molecule has 0 bridgehead atoms. The molecule has 0 radical (unpaired) electrons. The zero-order chi connectivity index (χ0) is 10.6. The van der Waals surface area contributed by atoms with Crippen LogP contribution >= 0.6 is 0 Å². The summed E-state index contributed by atoms with van der Waals surface area (Å²) in [6.07, 6.45) is 2.97. The fraction of sp³-hybridized carbons (Fsp3) is 0.100. The van der Waals surface area contributed by atoms with Crippen LogP contribution in [0.1, 0.15) is 17.3 Å². The molecule has 0 aliphatic rings. The summed E-state index contributed by atoms with van der Waals surface area (Å²) in [5.74, 6) is -0.226. The summed E-state index contributed by atoms with van der Waals surface area (Å²) >= 11 is 0. The lowest BCUT2D eigenvalue weighted by Gasteiger charge is -1.95. The van der Waals surface area contributed by atoms with Gasteiger partial charge in [-0.25, -0.2) is 0 Å². The van der Waals surface area contributed by atoms with Crippen LogP contribution in [0.25, 0.3) is 0 Å². The largest absolute Gasteiger partial charge is 0.289 e. The summed E-state index contributed by atoms with van der Waals surface area (Å²) in [6, 6.07) is 5.67. The number of nitrogens with zero attached hydrogens (tertiary/aromatic N) is 1. The van der Waals surface area contributed by atoms with Gasteiger partial charge in [-0.15, -0.1) is 0 Å². The zero-order valence-corrected chi connectivity index (χ0v) is 7.64.